The molecule has 1 heterocycles. The molecule has 0 saturated carbocycles. The van der Waals surface area contributed by atoms with Crippen molar-refractivity contribution in [1.82, 2.24) is 5.32 Å². The number of azide groups is 1. The van der Waals surface area contributed by atoms with Gasteiger partial charge in [-0.05, 0) is 5.53 Å². The number of β-amino-alcohol motifs (C(OH)–C–C–N with tert-alkyl or cyclic N) is 1. The van der Waals surface area contributed by atoms with Crippen LogP contribution < -0.4 is 5.32 Å². The number of nitrogens with one attached hydrogen (secondary N) is 1. The molecule has 0 aliphatic carbocycles. The van der Waals surface area contributed by atoms with Crippen molar-refractivity contribution in [3.8, 4) is 0 Å². The topological polar surface area (TPSA) is 121 Å². The molecule has 4 N–H and O–H groups in total. The molecule has 1 rings (SSSR count). The van der Waals surface area contributed by atoms with E-state index in [2.05, 4.69) is 15.3 Å². The van der Waals surface area contributed by atoms with Gasteiger partial charge in [0, 0.05) is 18.0 Å². The molecule has 74 valence electrons. The summed E-state index contributed by atoms with van der Waals surface area (Å²) in [6.45, 7) is 0.426. The Kier molecular flexibility index (Phi) is 3.47. The standard InChI is InChI=1S/C6H12N4O3/c7-10-9-3-1-8-2-4(11)6(13)5(3)12/h3-6,8,11-13H,1-2H2/t3-,4+,5+,6+/m0/s1. The fourth-order valence-electron chi connectivity index (χ4n) is 1.25. The molecule has 0 amide bonds. The zero-order valence-corrected chi connectivity index (χ0v) is 6.91. The zero-order chi connectivity index (χ0) is 9.84. The summed E-state index contributed by atoms with van der Waals surface area (Å²) in [6, 6.07) is -0.739. The number of hydrogen-bond donors (Lipinski definition) is 4. The minimum atomic E-state index is -1.27. The Hall–Kier alpha value is -0.850. The van der Waals surface area contributed by atoms with Crippen LogP contribution in [0, 0.1) is 0 Å². The maximum Gasteiger partial charge on any atom is 0.107 e. The third-order valence-corrected chi connectivity index (χ3v) is 2.05. The van der Waals surface area contributed by atoms with E-state index in [0.29, 0.717) is 0 Å². The van der Waals surface area contributed by atoms with Gasteiger partial charge in [0.2, 0.25) is 0 Å². The molecule has 1 aliphatic rings. The average molecular weight is 188 g/mol. The molecule has 1 fully saturated rings. The van der Waals surface area contributed by atoms with E-state index in [-0.39, 0.29) is 13.1 Å². The van der Waals surface area contributed by atoms with Gasteiger partial charge in [0.25, 0.3) is 0 Å². The van der Waals surface area contributed by atoms with Gasteiger partial charge in [-0.2, -0.15) is 0 Å². The lowest BCUT2D eigenvalue weighted by Gasteiger charge is -2.21. The van der Waals surface area contributed by atoms with Gasteiger partial charge >= 0.3 is 0 Å². The first-order valence-corrected chi connectivity index (χ1v) is 3.96. The lowest BCUT2D eigenvalue weighted by Crippen LogP contribution is -2.42. The number of aliphatic hydroxyl groups excluding tert-OH is 3. The van der Waals surface area contributed by atoms with E-state index in [1.165, 1.54) is 0 Å². The van der Waals surface area contributed by atoms with Crippen molar-refractivity contribution in [2.24, 2.45) is 5.11 Å². The average Bonchev–Trinajstić information content (AvgIpc) is 2.22. The van der Waals surface area contributed by atoms with Gasteiger partial charge < -0.3 is 20.6 Å². The molecule has 7 heteroatoms. The molecule has 0 radical (unpaired) electrons. The first-order chi connectivity index (χ1) is 6.16. The van der Waals surface area contributed by atoms with Gasteiger partial charge in [-0.1, -0.05) is 5.11 Å². The molecular weight excluding hydrogens is 176 g/mol. The Bertz CT molecular complexity index is 218. The minimum absolute atomic E-state index is 0.176. The van der Waals surface area contributed by atoms with Crippen molar-refractivity contribution in [2.75, 3.05) is 13.1 Å². The first kappa shape index (κ1) is 10.2. The Morgan fingerprint density at radius 3 is 2.54 bits per heavy atom. The predicted octanol–water partition coefficient (Wildman–Crippen LogP) is -1.65. The molecule has 0 spiro atoms. The molecule has 0 bridgehead atoms. The quantitative estimate of drug-likeness (QED) is 0.224. The normalized spacial score (nSPS) is 40.5. The van der Waals surface area contributed by atoms with E-state index < -0.39 is 24.4 Å². The smallest absolute Gasteiger partial charge is 0.107 e. The van der Waals surface area contributed by atoms with Gasteiger partial charge in [-0.3, -0.25) is 0 Å². The Balaban J connectivity index is 2.71. The molecule has 4 atom stereocenters. The van der Waals surface area contributed by atoms with E-state index in [1.54, 1.807) is 0 Å². The van der Waals surface area contributed by atoms with E-state index in [9.17, 15) is 15.3 Å². The first-order valence-electron chi connectivity index (χ1n) is 3.96. The summed E-state index contributed by atoms with van der Waals surface area (Å²) in [7, 11) is 0. The summed E-state index contributed by atoms with van der Waals surface area (Å²) in [5, 5.41) is 34.0. The summed E-state index contributed by atoms with van der Waals surface area (Å²) in [4.78, 5) is 2.54. The largest absolute Gasteiger partial charge is 0.390 e. The Morgan fingerprint density at radius 1 is 1.23 bits per heavy atom. The second-order valence-corrected chi connectivity index (χ2v) is 2.98. The molecule has 1 aliphatic heterocycles. The van der Waals surface area contributed by atoms with Crippen LogP contribution in [0.5, 0.6) is 0 Å². The molecule has 1 saturated heterocycles. The van der Waals surface area contributed by atoms with Crippen LogP contribution in [0.4, 0.5) is 0 Å². The van der Waals surface area contributed by atoms with Crippen LogP contribution in [0.15, 0.2) is 5.11 Å². The van der Waals surface area contributed by atoms with Gasteiger partial charge in [0.05, 0.1) is 18.2 Å². The van der Waals surface area contributed by atoms with Gasteiger partial charge in [-0.25, -0.2) is 0 Å². The maximum absolute atomic E-state index is 9.40. The summed E-state index contributed by atoms with van der Waals surface area (Å²) < 4.78 is 0. The van der Waals surface area contributed by atoms with Crippen molar-refractivity contribution < 1.29 is 15.3 Å². The lowest BCUT2D eigenvalue weighted by molar-refractivity contribution is -0.0555. The summed E-state index contributed by atoms with van der Waals surface area (Å²) in [6.07, 6.45) is -3.53. The SMILES string of the molecule is [N-]=[N+]=N[C@H]1CNC[C@@H](O)[C@@H](O)[C@@H]1O. The Labute approximate surface area is 74.6 Å². The van der Waals surface area contributed by atoms with Crippen molar-refractivity contribution >= 4 is 0 Å². The van der Waals surface area contributed by atoms with E-state index >= 15 is 0 Å². The molecule has 0 unspecified atom stereocenters. The highest BCUT2D eigenvalue weighted by Gasteiger charge is 2.33. The van der Waals surface area contributed by atoms with Crippen molar-refractivity contribution in [3.05, 3.63) is 10.4 Å². The Morgan fingerprint density at radius 2 is 1.92 bits per heavy atom. The van der Waals surface area contributed by atoms with E-state index in [1.807, 2.05) is 0 Å². The summed E-state index contributed by atoms with van der Waals surface area (Å²) in [5.41, 5.74) is 8.16. The fourth-order valence-corrected chi connectivity index (χ4v) is 1.25. The number of hydrogen-bond acceptors (Lipinski definition) is 5. The van der Waals surface area contributed by atoms with Crippen LogP contribution in [0.1, 0.15) is 0 Å². The third kappa shape index (κ3) is 2.30. The zero-order valence-electron chi connectivity index (χ0n) is 6.91. The highest BCUT2D eigenvalue weighted by atomic mass is 16.4. The minimum Gasteiger partial charge on any atom is -0.390 e. The predicted molar refractivity (Wildman–Crippen MR) is 43.8 cm³/mol. The molecule has 0 aromatic rings. The van der Waals surface area contributed by atoms with Gasteiger partial charge in [0.15, 0.2) is 0 Å². The van der Waals surface area contributed by atoms with E-state index in [0.717, 1.165) is 0 Å². The van der Waals surface area contributed by atoms with Crippen molar-refractivity contribution in [1.29, 1.82) is 0 Å². The number of aliphatic hydroxyl groups is 3. The third-order valence-electron chi connectivity index (χ3n) is 2.05. The second-order valence-electron chi connectivity index (χ2n) is 2.98. The van der Waals surface area contributed by atoms with Crippen LogP contribution in [0.25, 0.3) is 10.4 Å². The fraction of sp³-hybridized carbons (Fsp3) is 1.00. The highest BCUT2D eigenvalue weighted by Crippen LogP contribution is 2.10. The van der Waals surface area contributed by atoms with Crippen LogP contribution in [0.2, 0.25) is 0 Å². The van der Waals surface area contributed by atoms with Crippen molar-refractivity contribution in [2.45, 2.75) is 24.4 Å². The lowest BCUT2D eigenvalue weighted by atomic mass is 10.0. The van der Waals surface area contributed by atoms with Crippen LogP contribution in [-0.4, -0.2) is 52.8 Å². The summed E-state index contributed by atoms with van der Waals surface area (Å²) >= 11 is 0. The molecule has 0 aromatic heterocycles. The molecule has 7 nitrogen and oxygen atoms in total. The summed E-state index contributed by atoms with van der Waals surface area (Å²) in [5.74, 6) is 0. The monoisotopic (exact) mass is 188 g/mol. The number of rotatable bonds is 1. The van der Waals surface area contributed by atoms with Crippen LogP contribution >= 0.6 is 0 Å². The molecular formula is C6H12N4O3. The van der Waals surface area contributed by atoms with Crippen LogP contribution in [0.3, 0.4) is 0 Å². The van der Waals surface area contributed by atoms with Gasteiger partial charge in [0.1, 0.15) is 6.10 Å². The second kappa shape index (κ2) is 4.40. The van der Waals surface area contributed by atoms with Gasteiger partial charge in [-0.15, -0.1) is 0 Å². The molecule has 0 aromatic carbocycles. The number of nitrogens with zero attached hydrogens (tertiary/aromatic N) is 3. The van der Waals surface area contributed by atoms with Crippen molar-refractivity contribution in [3.63, 3.8) is 0 Å². The van der Waals surface area contributed by atoms with Crippen LogP contribution in [-0.2, 0) is 0 Å². The highest BCUT2D eigenvalue weighted by molar-refractivity contribution is 4.91. The maximum atomic E-state index is 9.40. The molecule has 13 heavy (non-hydrogen) atoms. The van der Waals surface area contributed by atoms with E-state index in [4.69, 9.17) is 5.53 Å².